The van der Waals surface area contributed by atoms with Gasteiger partial charge in [0.1, 0.15) is 10.6 Å². The van der Waals surface area contributed by atoms with Gasteiger partial charge in [-0.05, 0) is 37.0 Å². The predicted octanol–water partition coefficient (Wildman–Crippen LogP) is 3.22. The number of aromatic nitrogens is 2. The Morgan fingerprint density at radius 2 is 2.19 bits per heavy atom. The van der Waals surface area contributed by atoms with E-state index in [4.69, 9.17) is 4.74 Å². The number of ether oxygens (including phenoxy) is 1. The SMILES string of the molecule is COc1ccccc1NC(=O)CSc1nc2sc3c(c2c(=O)n1C)CCC3. The third-order valence-electron chi connectivity index (χ3n) is 4.62. The van der Waals surface area contributed by atoms with E-state index < -0.39 is 0 Å². The summed E-state index contributed by atoms with van der Waals surface area (Å²) in [4.78, 5) is 31.8. The molecule has 6 nitrogen and oxygen atoms in total. The van der Waals surface area contributed by atoms with Crippen molar-refractivity contribution in [3.05, 3.63) is 45.1 Å². The molecule has 0 bridgehead atoms. The van der Waals surface area contributed by atoms with E-state index in [1.165, 1.54) is 22.2 Å². The van der Waals surface area contributed by atoms with Gasteiger partial charge in [-0.15, -0.1) is 11.3 Å². The van der Waals surface area contributed by atoms with Crippen molar-refractivity contribution < 1.29 is 9.53 Å². The first-order chi connectivity index (χ1) is 13.1. The van der Waals surface area contributed by atoms with E-state index in [9.17, 15) is 9.59 Å². The fourth-order valence-electron chi connectivity index (χ4n) is 3.30. The van der Waals surface area contributed by atoms with Crippen LogP contribution in [0.15, 0.2) is 34.2 Å². The molecule has 0 atom stereocenters. The molecule has 0 aliphatic heterocycles. The Labute approximate surface area is 164 Å². The maximum atomic E-state index is 12.8. The van der Waals surface area contributed by atoms with Crippen molar-refractivity contribution in [3.8, 4) is 5.75 Å². The number of thiophene rings is 1. The van der Waals surface area contributed by atoms with E-state index in [1.54, 1.807) is 42.2 Å². The van der Waals surface area contributed by atoms with Crippen LogP contribution in [0.5, 0.6) is 5.75 Å². The van der Waals surface area contributed by atoms with E-state index in [1.807, 2.05) is 12.1 Å². The Kier molecular flexibility index (Phi) is 4.92. The third kappa shape index (κ3) is 3.35. The average Bonchev–Trinajstić information content (AvgIpc) is 3.24. The van der Waals surface area contributed by atoms with Crippen LogP contribution in [0, 0.1) is 0 Å². The molecule has 1 aliphatic carbocycles. The van der Waals surface area contributed by atoms with Gasteiger partial charge in [0.15, 0.2) is 5.16 Å². The topological polar surface area (TPSA) is 73.2 Å². The molecule has 4 rings (SSSR count). The molecule has 1 aromatic carbocycles. The Hall–Kier alpha value is -2.32. The predicted molar refractivity (Wildman–Crippen MR) is 109 cm³/mol. The number of thioether (sulfide) groups is 1. The summed E-state index contributed by atoms with van der Waals surface area (Å²) in [5.74, 6) is 0.595. The number of hydrogen-bond donors (Lipinski definition) is 1. The number of nitrogens with one attached hydrogen (secondary N) is 1. The molecule has 0 saturated heterocycles. The number of para-hydroxylation sites is 2. The lowest BCUT2D eigenvalue weighted by molar-refractivity contribution is -0.113. The van der Waals surface area contributed by atoms with E-state index in [2.05, 4.69) is 10.3 Å². The van der Waals surface area contributed by atoms with Crippen LogP contribution in [0.4, 0.5) is 5.69 Å². The highest BCUT2D eigenvalue weighted by Crippen LogP contribution is 2.35. The van der Waals surface area contributed by atoms with Crippen LogP contribution in [-0.2, 0) is 24.7 Å². The van der Waals surface area contributed by atoms with E-state index in [-0.39, 0.29) is 17.2 Å². The van der Waals surface area contributed by atoms with Crippen molar-refractivity contribution in [2.75, 3.05) is 18.2 Å². The molecule has 8 heteroatoms. The van der Waals surface area contributed by atoms with E-state index >= 15 is 0 Å². The summed E-state index contributed by atoms with van der Waals surface area (Å²) in [5.41, 5.74) is 1.78. The largest absolute Gasteiger partial charge is 0.495 e. The van der Waals surface area contributed by atoms with Crippen molar-refractivity contribution in [1.82, 2.24) is 9.55 Å². The summed E-state index contributed by atoms with van der Waals surface area (Å²) >= 11 is 2.87. The Balaban J connectivity index is 1.53. The third-order valence-corrected chi connectivity index (χ3v) is 6.83. The van der Waals surface area contributed by atoms with Crippen molar-refractivity contribution in [3.63, 3.8) is 0 Å². The van der Waals surface area contributed by atoms with E-state index in [0.29, 0.717) is 16.6 Å². The normalized spacial score (nSPS) is 13.0. The van der Waals surface area contributed by atoms with Crippen molar-refractivity contribution in [2.24, 2.45) is 7.05 Å². The fraction of sp³-hybridized carbons (Fsp3) is 0.316. The van der Waals surface area contributed by atoms with Gasteiger partial charge < -0.3 is 10.1 Å². The first-order valence-corrected chi connectivity index (χ1v) is 10.5. The number of carbonyl (C=O) groups excluding carboxylic acids is 1. The molecule has 2 aromatic heterocycles. The van der Waals surface area contributed by atoms with Gasteiger partial charge in [0.2, 0.25) is 5.91 Å². The second-order valence-corrected chi connectivity index (χ2v) is 8.36. The zero-order valence-electron chi connectivity index (χ0n) is 15.1. The number of amides is 1. The number of fused-ring (bicyclic) bond motifs is 3. The lowest BCUT2D eigenvalue weighted by atomic mass is 10.2. The fourth-order valence-corrected chi connectivity index (χ4v) is 5.37. The molecule has 2 heterocycles. The van der Waals surface area contributed by atoms with Gasteiger partial charge in [-0.1, -0.05) is 23.9 Å². The van der Waals surface area contributed by atoms with Crippen LogP contribution in [0.3, 0.4) is 0 Å². The summed E-state index contributed by atoms with van der Waals surface area (Å²) in [7, 11) is 3.28. The minimum Gasteiger partial charge on any atom is -0.495 e. The molecule has 0 saturated carbocycles. The maximum Gasteiger partial charge on any atom is 0.262 e. The van der Waals surface area contributed by atoms with Crippen LogP contribution < -0.4 is 15.6 Å². The minimum atomic E-state index is -0.174. The smallest absolute Gasteiger partial charge is 0.262 e. The monoisotopic (exact) mass is 401 g/mol. The van der Waals surface area contributed by atoms with Crippen molar-refractivity contribution >= 4 is 44.9 Å². The van der Waals surface area contributed by atoms with Gasteiger partial charge in [-0.25, -0.2) is 4.98 Å². The average molecular weight is 402 g/mol. The van der Waals surface area contributed by atoms with Crippen LogP contribution in [-0.4, -0.2) is 28.3 Å². The minimum absolute atomic E-state index is 0.0213. The molecule has 1 N–H and O–H groups in total. The maximum absolute atomic E-state index is 12.8. The quantitative estimate of drug-likeness (QED) is 0.525. The number of nitrogens with zero attached hydrogens (tertiary/aromatic N) is 2. The summed E-state index contributed by atoms with van der Waals surface area (Å²) in [6, 6.07) is 7.25. The van der Waals surface area contributed by atoms with Gasteiger partial charge in [-0.2, -0.15) is 0 Å². The molecular formula is C19H19N3O3S2. The second kappa shape index (κ2) is 7.36. The summed E-state index contributed by atoms with van der Waals surface area (Å²) in [6.07, 6.45) is 3.10. The van der Waals surface area contributed by atoms with Crippen molar-refractivity contribution in [1.29, 1.82) is 0 Å². The molecule has 0 spiro atoms. The first kappa shape index (κ1) is 18.1. The van der Waals surface area contributed by atoms with Crippen LogP contribution >= 0.6 is 23.1 Å². The highest BCUT2D eigenvalue weighted by Gasteiger charge is 2.22. The number of carbonyl (C=O) groups is 1. The molecular weight excluding hydrogens is 382 g/mol. The zero-order valence-corrected chi connectivity index (χ0v) is 16.7. The number of hydrogen-bond acceptors (Lipinski definition) is 6. The van der Waals surface area contributed by atoms with E-state index in [0.717, 1.165) is 29.5 Å². The summed E-state index contributed by atoms with van der Waals surface area (Å²) in [6.45, 7) is 0. The van der Waals surface area contributed by atoms with Gasteiger partial charge in [0.05, 0.1) is 23.9 Å². The van der Waals surface area contributed by atoms with Crippen LogP contribution in [0.25, 0.3) is 10.2 Å². The second-order valence-electron chi connectivity index (χ2n) is 6.33. The molecule has 0 unspecified atom stereocenters. The summed E-state index contributed by atoms with van der Waals surface area (Å²) in [5, 5.41) is 4.16. The number of rotatable bonds is 5. The van der Waals surface area contributed by atoms with Crippen LogP contribution in [0.1, 0.15) is 16.9 Å². The number of aryl methyl sites for hydroxylation is 2. The van der Waals surface area contributed by atoms with Gasteiger partial charge >= 0.3 is 0 Å². The highest BCUT2D eigenvalue weighted by molar-refractivity contribution is 7.99. The lowest BCUT2D eigenvalue weighted by Crippen LogP contribution is -2.21. The molecule has 0 fully saturated rings. The Morgan fingerprint density at radius 3 is 3.00 bits per heavy atom. The Bertz CT molecular complexity index is 1090. The first-order valence-electron chi connectivity index (χ1n) is 8.65. The number of anilines is 1. The Morgan fingerprint density at radius 1 is 1.37 bits per heavy atom. The standard InChI is InChI=1S/C19H19N3O3S2/c1-22-18(24)16-11-6-5-9-14(11)27-17(16)21-19(22)26-10-15(23)20-12-7-3-4-8-13(12)25-2/h3-4,7-8H,5-6,9-10H2,1-2H3,(H,20,23). The molecule has 27 heavy (non-hydrogen) atoms. The molecule has 1 amide bonds. The number of benzene rings is 1. The number of methoxy groups -OCH3 is 1. The molecule has 1 aliphatic rings. The van der Waals surface area contributed by atoms with Gasteiger partial charge in [-0.3, -0.25) is 14.2 Å². The van der Waals surface area contributed by atoms with Gasteiger partial charge in [0, 0.05) is 11.9 Å². The highest BCUT2D eigenvalue weighted by atomic mass is 32.2. The lowest BCUT2D eigenvalue weighted by Gasteiger charge is -2.10. The molecule has 0 radical (unpaired) electrons. The van der Waals surface area contributed by atoms with Crippen LogP contribution in [0.2, 0.25) is 0 Å². The molecule has 140 valence electrons. The van der Waals surface area contributed by atoms with Gasteiger partial charge in [0.25, 0.3) is 5.56 Å². The van der Waals surface area contributed by atoms with Crippen molar-refractivity contribution in [2.45, 2.75) is 24.4 Å². The summed E-state index contributed by atoms with van der Waals surface area (Å²) < 4.78 is 6.79. The molecule has 3 aromatic rings. The zero-order chi connectivity index (χ0) is 19.0.